The van der Waals surface area contributed by atoms with Crippen molar-refractivity contribution in [1.82, 2.24) is 0 Å². The van der Waals surface area contributed by atoms with E-state index in [0.717, 1.165) is 12.8 Å². The molecule has 0 fully saturated rings. The average molecular weight is 284 g/mol. The van der Waals surface area contributed by atoms with Crippen LogP contribution in [-0.2, 0) is 12.8 Å². The molecular formula is C22H20. The molecule has 0 bridgehead atoms. The maximum absolute atomic E-state index is 3.98. The Balaban J connectivity index is 1.97. The zero-order chi connectivity index (χ0) is 15.2. The summed E-state index contributed by atoms with van der Waals surface area (Å²) in [5.74, 6) is 0. The molecule has 0 aliphatic heterocycles. The van der Waals surface area contributed by atoms with Crippen LogP contribution in [0.5, 0.6) is 0 Å². The normalized spacial score (nSPS) is 10.4. The summed E-state index contributed by atoms with van der Waals surface area (Å²) in [5, 5.41) is 0. The van der Waals surface area contributed by atoms with Crippen molar-refractivity contribution in [2.75, 3.05) is 0 Å². The Morgan fingerprint density at radius 1 is 0.636 bits per heavy atom. The number of hydrogen-bond acceptors (Lipinski definition) is 0. The summed E-state index contributed by atoms with van der Waals surface area (Å²) in [6, 6.07) is 27.8. The van der Waals surface area contributed by atoms with E-state index in [2.05, 4.69) is 85.4 Å². The van der Waals surface area contributed by atoms with Gasteiger partial charge in [-0.25, -0.2) is 0 Å². The quantitative estimate of drug-likeness (QED) is 0.579. The van der Waals surface area contributed by atoms with Crippen molar-refractivity contribution in [1.29, 1.82) is 0 Å². The minimum atomic E-state index is 0.950. The van der Waals surface area contributed by atoms with Crippen LogP contribution in [0.3, 0.4) is 0 Å². The molecule has 0 atom stereocenters. The summed E-state index contributed by atoms with van der Waals surface area (Å²) in [5.41, 5.74) is 6.68. The first-order chi connectivity index (χ1) is 10.9. The monoisotopic (exact) mass is 284 g/mol. The molecule has 0 unspecified atom stereocenters. The molecule has 0 spiro atoms. The third-order valence-electron chi connectivity index (χ3n) is 3.99. The zero-order valence-corrected chi connectivity index (χ0v) is 12.7. The topological polar surface area (TPSA) is 0 Å². The molecule has 3 aromatic rings. The molecule has 22 heavy (non-hydrogen) atoms. The third-order valence-corrected chi connectivity index (χ3v) is 3.99. The van der Waals surface area contributed by atoms with Crippen molar-refractivity contribution in [3.8, 4) is 0 Å². The molecule has 0 N–H and O–H groups in total. The van der Waals surface area contributed by atoms with E-state index >= 15 is 0 Å². The summed E-state index contributed by atoms with van der Waals surface area (Å²) in [6.07, 6.45) is 3.88. The van der Waals surface area contributed by atoms with Gasteiger partial charge in [-0.15, -0.1) is 0 Å². The Morgan fingerprint density at radius 3 is 1.82 bits per heavy atom. The van der Waals surface area contributed by atoms with Gasteiger partial charge in [-0.05, 0) is 40.7 Å². The van der Waals surface area contributed by atoms with Crippen LogP contribution in [0.4, 0.5) is 0 Å². The van der Waals surface area contributed by atoms with E-state index < -0.39 is 0 Å². The Morgan fingerprint density at radius 2 is 1.23 bits per heavy atom. The molecule has 0 saturated heterocycles. The highest BCUT2D eigenvalue weighted by Crippen LogP contribution is 2.22. The predicted octanol–water partition coefficient (Wildman–Crippen LogP) is 5.51. The number of benzene rings is 3. The van der Waals surface area contributed by atoms with Gasteiger partial charge in [0.05, 0.1) is 0 Å². The second-order valence-electron chi connectivity index (χ2n) is 5.51. The van der Waals surface area contributed by atoms with Crippen LogP contribution < -0.4 is 0 Å². The highest BCUT2D eigenvalue weighted by molar-refractivity contribution is 5.56. The molecule has 0 nitrogen and oxygen atoms in total. The third kappa shape index (κ3) is 3.35. The molecule has 0 heteroatoms. The largest absolute Gasteiger partial charge is 0.0985 e. The van der Waals surface area contributed by atoms with E-state index in [9.17, 15) is 0 Å². The fourth-order valence-electron chi connectivity index (χ4n) is 2.84. The lowest BCUT2D eigenvalue weighted by atomic mass is 9.91. The smallest absolute Gasteiger partial charge is 0.00170 e. The highest BCUT2D eigenvalue weighted by atomic mass is 14.1. The van der Waals surface area contributed by atoms with Gasteiger partial charge in [0, 0.05) is 0 Å². The molecule has 0 aliphatic rings. The second kappa shape index (κ2) is 6.91. The fraction of sp³-hybridized carbons (Fsp3) is 0.0909. The summed E-state index contributed by atoms with van der Waals surface area (Å²) >= 11 is 0. The number of hydrogen-bond donors (Lipinski definition) is 0. The Kier molecular flexibility index (Phi) is 4.50. The minimum absolute atomic E-state index is 0.950. The van der Waals surface area contributed by atoms with Crippen molar-refractivity contribution in [3.63, 3.8) is 0 Å². The second-order valence-corrected chi connectivity index (χ2v) is 5.51. The van der Waals surface area contributed by atoms with Gasteiger partial charge in [-0.1, -0.05) is 91.5 Å². The van der Waals surface area contributed by atoms with Crippen molar-refractivity contribution in [2.45, 2.75) is 12.8 Å². The summed E-state index contributed by atoms with van der Waals surface area (Å²) in [6.45, 7) is 3.98. The first-order valence-corrected chi connectivity index (χ1v) is 7.68. The molecule has 0 aliphatic carbocycles. The molecular weight excluding hydrogens is 264 g/mol. The molecule has 0 saturated carbocycles. The van der Waals surface area contributed by atoms with Crippen LogP contribution in [-0.4, -0.2) is 0 Å². The van der Waals surface area contributed by atoms with E-state index in [1.807, 2.05) is 6.08 Å². The van der Waals surface area contributed by atoms with Gasteiger partial charge in [-0.3, -0.25) is 0 Å². The lowest BCUT2D eigenvalue weighted by Gasteiger charge is -2.13. The van der Waals surface area contributed by atoms with Gasteiger partial charge in [0.1, 0.15) is 0 Å². The van der Waals surface area contributed by atoms with Crippen LogP contribution in [0.2, 0.25) is 0 Å². The van der Waals surface area contributed by atoms with Gasteiger partial charge >= 0.3 is 0 Å². The zero-order valence-electron chi connectivity index (χ0n) is 12.7. The van der Waals surface area contributed by atoms with Crippen molar-refractivity contribution in [3.05, 3.63) is 113 Å². The van der Waals surface area contributed by atoms with Gasteiger partial charge < -0.3 is 0 Å². The molecule has 0 aromatic heterocycles. The molecule has 0 radical (unpaired) electrons. The highest BCUT2D eigenvalue weighted by Gasteiger charge is 2.08. The van der Waals surface area contributed by atoms with Crippen molar-refractivity contribution < 1.29 is 0 Å². The molecule has 0 heterocycles. The van der Waals surface area contributed by atoms with E-state index in [-0.39, 0.29) is 0 Å². The van der Waals surface area contributed by atoms with Crippen LogP contribution in [0, 0.1) is 0 Å². The first-order valence-electron chi connectivity index (χ1n) is 7.68. The van der Waals surface area contributed by atoms with Crippen LogP contribution in [0.1, 0.15) is 27.8 Å². The lowest BCUT2D eigenvalue weighted by Crippen LogP contribution is -2.00. The van der Waals surface area contributed by atoms with E-state index in [1.165, 1.54) is 27.8 Å². The average Bonchev–Trinajstić information content (AvgIpc) is 2.58. The van der Waals surface area contributed by atoms with Gasteiger partial charge in [0.25, 0.3) is 0 Å². The Labute approximate surface area is 132 Å². The summed E-state index contributed by atoms with van der Waals surface area (Å²) < 4.78 is 0. The van der Waals surface area contributed by atoms with Gasteiger partial charge in [0.2, 0.25) is 0 Å². The molecule has 0 amide bonds. The van der Waals surface area contributed by atoms with E-state index in [4.69, 9.17) is 0 Å². The molecule has 108 valence electrons. The van der Waals surface area contributed by atoms with Crippen LogP contribution in [0.25, 0.3) is 6.08 Å². The van der Waals surface area contributed by atoms with Crippen molar-refractivity contribution in [2.24, 2.45) is 0 Å². The van der Waals surface area contributed by atoms with Crippen LogP contribution >= 0.6 is 0 Å². The van der Waals surface area contributed by atoms with Gasteiger partial charge in [0.15, 0.2) is 0 Å². The standard InChI is InChI=1S/C22H20/c1-2-20-14-9-15-21(16-18-10-5-3-6-11-18)22(20)17-19-12-7-4-8-13-19/h2-15H,1,16-17H2. The maximum Gasteiger partial charge on any atom is -0.00170 e. The SMILES string of the molecule is C=Cc1cccc(Cc2ccccc2)c1Cc1ccccc1. The first kappa shape index (κ1) is 14.3. The predicted molar refractivity (Wildman–Crippen MR) is 95.0 cm³/mol. The van der Waals surface area contributed by atoms with E-state index in [1.54, 1.807) is 0 Å². The lowest BCUT2D eigenvalue weighted by molar-refractivity contribution is 1.09. The molecule has 3 aromatic carbocycles. The van der Waals surface area contributed by atoms with Gasteiger partial charge in [-0.2, -0.15) is 0 Å². The number of rotatable bonds is 5. The summed E-state index contributed by atoms with van der Waals surface area (Å²) in [7, 11) is 0. The van der Waals surface area contributed by atoms with Crippen LogP contribution in [0.15, 0.2) is 85.4 Å². The van der Waals surface area contributed by atoms with E-state index in [0.29, 0.717) is 0 Å². The minimum Gasteiger partial charge on any atom is -0.0985 e. The van der Waals surface area contributed by atoms with Crippen molar-refractivity contribution >= 4 is 6.08 Å². The maximum atomic E-state index is 3.98. The molecule has 3 rings (SSSR count). The Bertz CT molecular complexity index is 740. The fourth-order valence-corrected chi connectivity index (χ4v) is 2.84. The summed E-state index contributed by atoms with van der Waals surface area (Å²) in [4.78, 5) is 0. The Hall–Kier alpha value is -2.60.